The van der Waals surface area contributed by atoms with Crippen molar-refractivity contribution in [1.29, 1.82) is 0 Å². The number of carbonyl (C=O) groups excluding carboxylic acids is 1. The largest absolute Gasteiger partial charge is 0.457 e. The van der Waals surface area contributed by atoms with Crippen molar-refractivity contribution < 1.29 is 22.4 Å². The first-order chi connectivity index (χ1) is 14.7. The van der Waals surface area contributed by atoms with E-state index in [1.807, 2.05) is 31.2 Å². The Bertz CT molecular complexity index is 1180. The maximum atomic E-state index is 13.0. The summed E-state index contributed by atoms with van der Waals surface area (Å²) in [5, 5.41) is 0. The smallest absolute Gasteiger partial charge is 0.416 e. The summed E-state index contributed by atoms with van der Waals surface area (Å²) in [6.07, 6.45) is -2.87. The molecule has 1 fully saturated rings. The first-order valence-electron chi connectivity index (χ1n) is 9.29. The number of thiocarbonyl (C=S) groups is 1. The fraction of sp³-hybridized carbons (Fsp3) is 0.130. The summed E-state index contributed by atoms with van der Waals surface area (Å²) >= 11 is 6.53. The standard InChI is InChI=1S/C23H16F3NO2S2/c1-14-5-7-15(8-6-14)13-27-21(28)20(31-22(27)30)12-18-9-10-19(29-18)16-3-2-4-17(11-16)23(24,25)26/h2-12H,13H2,1H3/b20-12-. The Kier molecular flexibility index (Phi) is 5.77. The molecule has 1 saturated heterocycles. The van der Waals surface area contributed by atoms with Crippen LogP contribution in [0.25, 0.3) is 17.4 Å². The molecule has 0 aliphatic carbocycles. The number of benzene rings is 2. The molecule has 3 aromatic rings. The highest BCUT2D eigenvalue weighted by Gasteiger charge is 2.33. The second kappa shape index (κ2) is 8.36. The van der Waals surface area contributed by atoms with E-state index in [4.69, 9.17) is 16.6 Å². The average Bonchev–Trinajstić information content (AvgIpc) is 3.29. The maximum absolute atomic E-state index is 13.0. The van der Waals surface area contributed by atoms with Crippen molar-refractivity contribution in [2.24, 2.45) is 0 Å². The number of furan rings is 1. The molecular weight excluding hydrogens is 443 g/mol. The van der Waals surface area contributed by atoms with E-state index in [0.717, 1.165) is 23.3 Å². The van der Waals surface area contributed by atoms with Crippen LogP contribution in [0.1, 0.15) is 22.5 Å². The lowest BCUT2D eigenvalue weighted by molar-refractivity contribution is -0.137. The second-order valence-electron chi connectivity index (χ2n) is 7.03. The summed E-state index contributed by atoms with van der Waals surface area (Å²) in [6, 6.07) is 15.9. The van der Waals surface area contributed by atoms with Crippen LogP contribution in [0.5, 0.6) is 0 Å². The normalized spacial score (nSPS) is 15.9. The van der Waals surface area contributed by atoms with Gasteiger partial charge in [-0.25, -0.2) is 0 Å². The van der Waals surface area contributed by atoms with Crippen LogP contribution in [-0.4, -0.2) is 15.1 Å². The number of aryl methyl sites for hydroxylation is 1. The monoisotopic (exact) mass is 459 g/mol. The van der Waals surface area contributed by atoms with Gasteiger partial charge in [-0.05, 0) is 36.8 Å². The molecule has 0 N–H and O–H groups in total. The molecule has 1 amide bonds. The molecule has 1 aliphatic rings. The van der Waals surface area contributed by atoms with E-state index >= 15 is 0 Å². The zero-order chi connectivity index (χ0) is 22.2. The van der Waals surface area contributed by atoms with Gasteiger partial charge in [-0.1, -0.05) is 65.9 Å². The number of hydrogen-bond donors (Lipinski definition) is 0. The number of hydrogen-bond acceptors (Lipinski definition) is 4. The number of carbonyl (C=O) groups is 1. The molecule has 0 unspecified atom stereocenters. The number of thioether (sulfide) groups is 1. The van der Waals surface area contributed by atoms with Crippen LogP contribution in [0, 0.1) is 6.92 Å². The third-order valence-corrected chi connectivity index (χ3v) is 6.09. The second-order valence-corrected chi connectivity index (χ2v) is 8.71. The average molecular weight is 460 g/mol. The minimum Gasteiger partial charge on any atom is -0.457 e. The number of alkyl halides is 3. The van der Waals surface area contributed by atoms with Crippen molar-refractivity contribution in [2.75, 3.05) is 0 Å². The van der Waals surface area contributed by atoms with E-state index in [-0.39, 0.29) is 11.7 Å². The highest BCUT2D eigenvalue weighted by atomic mass is 32.2. The van der Waals surface area contributed by atoms with Crippen LogP contribution >= 0.6 is 24.0 Å². The molecule has 4 rings (SSSR count). The lowest BCUT2D eigenvalue weighted by atomic mass is 10.1. The summed E-state index contributed by atoms with van der Waals surface area (Å²) in [5.41, 5.74) is 1.65. The molecule has 31 heavy (non-hydrogen) atoms. The molecule has 0 atom stereocenters. The van der Waals surface area contributed by atoms with E-state index in [2.05, 4.69) is 0 Å². The number of nitrogens with zero attached hydrogens (tertiary/aromatic N) is 1. The van der Waals surface area contributed by atoms with Gasteiger partial charge < -0.3 is 4.42 Å². The summed E-state index contributed by atoms with van der Waals surface area (Å²) in [7, 11) is 0. The predicted molar refractivity (Wildman–Crippen MR) is 119 cm³/mol. The first kappa shape index (κ1) is 21.4. The van der Waals surface area contributed by atoms with Crippen molar-refractivity contribution in [3.8, 4) is 11.3 Å². The molecular formula is C23H16F3NO2S2. The lowest BCUT2D eigenvalue weighted by Crippen LogP contribution is -2.27. The number of amides is 1. The van der Waals surface area contributed by atoms with Crippen molar-refractivity contribution >= 4 is 40.3 Å². The Morgan fingerprint density at radius 1 is 1.10 bits per heavy atom. The van der Waals surface area contributed by atoms with Crippen LogP contribution in [0.3, 0.4) is 0 Å². The Morgan fingerprint density at radius 2 is 1.84 bits per heavy atom. The topological polar surface area (TPSA) is 33.5 Å². The zero-order valence-electron chi connectivity index (χ0n) is 16.3. The van der Waals surface area contributed by atoms with Gasteiger partial charge in [-0.15, -0.1) is 0 Å². The van der Waals surface area contributed by atoms with Gasteiger partial charge in [0.25, 0.3) is 5.91 Å². The van der Waals surface area contributed by atoms with Gasteiger partial charge in [0.1, 0.15) is 15.8 Å². The van der Waals surface area contributed by atoms with Crippen molar-refractivity contribution in [2.45, 2.75) is 19.6 Å². The summed E-state index contributed by atoms with van der Waals surface area (Å²) < 4.78 is 45.0. The molecule has 158 valence electrons. The number of halogens is 3. The fourth-order valence-corrected chi connectivity index (χ4v) is 4.31. The molecule has 1 aliphatic heterocycles. The Hall–Kier alpha value is -2.84. The van der Waals surface area contributed by atoms with Gasteiger partial charge in [-0.3, -0.25) is 9.69 Å². The van der Waals surface area contributed by atoms with Crippen molar-refractivity contribution in [1.82, 2.24) is 4.90 Å². The minimum absolute atomic E-state index is 0.229. The Labute approximate surface area is 186 Å². The molecule has 0 radical (unpaired) electrons. The SMILES string of the molecule is Cc1ccc(CN2C(=O)/C(=C/c3ccc(-c4cccc(C(F)(F)F)c4)o3)SC2=S)cc1. The lowest BCUT2D eigenvalue weighted by Gasteiger charge is -2.14. The fourth-order valence-electron chi connectivity index (χ4n) is 3.08. The van der Waals surface area contributed by atoms with Gasteiger partial charge in [0, 0.05) is 11.6 Å². The van der Waals surface area contributed by atoms with Gasteiger partial charge in [-0.2, -0.15) is 13.2 Å². The molecule has 8 heteroatoms. The number of rotatable bonds is 4. The molecule has 0 bridgehead atoms. The molecule has 2 aromatic carbocycles. The van der Waals surface area contributed by atoms with Crippen molar-refractivity contribution in [3.63, 3.8) is 0 Å². The van der Waals surface area contributed by atoms with Gasteiger partial charge in [0.15, 0.2) is 0 Å². The van der Waals surface area contributed by atoms with Crippen LogP contribution in [-0.2, 0) is 17.5 Å². The van der Waals surface area contributed by atoms with Crippen LogP contribution in [0.2, 0.25) is 0 Å². The van der Waals surface area contributed by atoms with E-state index in [1.54, 1.807) is 24.3 Å². The van der Waals surface area contributed by atoms with Gasteiger partial charge >= 0.3 is 6.18 Å². The quantitative estimate of drug-likeness (QED) is 0.322. The summed E-state index contributed by atoms with van der Waals surface area (Å²) in [4.78, 5) is 14.7. The summed E-state index contributed by atoms with van der Waals surface area (Å²) in [6.45, 7) is 2.36. The third kappa shape index (κ3) is 4.75. The van der Waals surface area contributed by atoms with E-state index in [1.165, 1.54) is 22.7 Å². The summed E-state index contributed by atoms with van der Waals surface area (Å²) in [5.74, 6) is 0.420. The third-order valence-electron chi connectivity index (χ3n) is 4.71. The zero-order valence-corrected chi connectivity index (χ0v) is 17.9. The van der Waals surface area contributed by atoms with E-state index in [0.29, 0.717) is 27.1 Å². The van der Waals surface area contributed by atoms with E-state index in [9.17, 15) is 18.0 Å². The highest BCUT2D eigenvalue weighted by molar-refractivity contribution is 8.26. The molecule has 2 heterocycles. The van der Waals surface area contributed by atoms with Crippen molar-refractivity contribution in [3.05, 3.63) is 88.0 Å². The van der Waals surface area contributed by atoms with E-state index < -0.39 is 11.7 Å². The van der Waals surface area contributed by atoms with Gasteiger partial charge in [0.2, 0.25) is 0 Å². The molecule has 0 spiro atoms. The maximum Gasteiger partial charge on any atom is 0.416 e. The molecule has 3 nitrogen and oxygen atoms in total. The highest BCUT2D eigenvalue weighted by Crippen LogP contribution is 2.36. The van der Waals surface area contributed by atoms with Crippen LogP contribution < -0.4 is 0 Å². The Morgan fingerprint density at radius 3 is 2.55 bits per heavy atom. The molecule has 1 aromatic heterocycles. The predicted octanol–water partition coefficient (Wildman–Crippen LogP) is 6.68. The van der Waals surface area contributed by atoms with Crippen LogP contribution in [0.4, 0.5) is 13.2 Å². The first-order valence-corrected chi connectivity index (χ1v) is 10.5. The minimum atomic E-state index is -4.43. The van der Waals surface area contributed by atoms with Gasteiger partial charge in [0.05, 0.1) is 17.0 Å². The molecule has 0 saturated carbocycles. The van der Waals surface area contributed by atoms with Crippen LogP contribution in [0.15, 0.2) is 70.0 Å². The Balaban J connectivity index is 1.53.